The third-order valence-corrected chi connectivity index (χ3v) is 4.37. The molecule has 0 N–H and O–H groups in total. The molecular weight excluding hydrogens is 330 g/mol. The Labute approximate surface area is 151 Å². The van der Waals surface area contributed by atoms with E-state index >= 15 is 0 Å². The van der Waals surface area contributed by atoms with Crippen molar-refractivity contribution in [3.8, 4) is 11.6 Å². The third kappa shape index (κ3) is 3.56. The van der Waals surface area contributed by atoms with Gasteiger partial charge in [0.05, 0.1) is 12.2 Å². The Kier molecular flexibility index (Phi) is 4.59. The number of likely N-dealkylation sites (tertiary alicyclic amines) is 1. The number of hydrogen-bond donors (Lipinski definition) is 0. The lowest BCUT2D eigenvalue weighted by Gasteiger charge is -2.32. The molecule has 4 rings (SSSR count). The number of rotatable bonds is 4. The lowest BCUT2D eigenvalue weighted by Crippen LogP contribution is -2.44. The third-order valence-electron chi connectivity index (χ3n) is 4.37. The van der Waals surface area contributed by atoms with Crippen LogP contribution in [0.3, 0.4) is 0 Å². The van der Waals surface area contributed by atoms with E-state index < -0.39 is 0 Å². The van der Waals surface area contributed by atoms with Crippen molar-refractivity contribution in [2.24, 2.45) is 0 Å². The van der Waals surface area contributed by atoms with Crippen LogP contribution in [0, 0.1) is 0 Å². The summed E-state index contributed by atoms with van der Waals surface area (Å²) in [6.45, 7) is 1.28. The van der Waals surface area contributed by atoms with Gasteiger partial charge in [-0.15, -0.1) is 0 Å². The van der Waals surface area contributed by atoms with Gasteiger partial charge in [-0.25, -0.2) is 14.6 Å². The summed E-state index contributed by atoms with van der Waals surface area (Å²) < 4.78 is 7.64. The molecule has 3 heterocycles. The quantitative estimate of drug-likeness (QED) is 0.723. The number of hydrogen-bond acceptors (Lipinski definition) is 5. The lowest BCUT2D eigenvalue weighted by atomic mass is 10.1. The van der Waals surface area contributed by atoms with Crippen LogP contribution in [0.5, 0.6) is 5.88 Å². The Bertz CT molecular complexity index is 867. The summed E-state index contributed by atoms with van der Waals surface area (Å²) in [4.78, 5) is 22.8. The molecule has 7 nitrogen and oxygen atoms in total. The molecule has 2 aromatic heterocycles. The molecule has 1 atom stereocenters. The molecule has 1 amide bonds. The van der Waals surface area contributed by atoms with Crippen molar-refractivity contribution < 1.29 is 9.53 Å². The number of aromatic nitrogens is 4. The molecule has 1 aliphatic heterocycles. The Balaban J connectivity index is 1.47. The summed E-state index contributed by atoms with van der Waals surface area (Å²) in [6, 6.07) is 11.1. The Morgan fingerprint density at radius 3 is 2.96 bits per heavy atom. The van der Waals surface area contributed by atoms with Crippen molar-refractivity contribution in [2.45, 2.75) is 18.9 Å². The van der Waals surface area contributed by atoms with Crippen molar-refractivity contribution in [1.82, 2.24) is 24.6 Å². The van der Waals surface area contributed by atoms with E-state index in [2.05, 4.69) is 15.1 Å². The fourth-order valence-electron chi connectivity index (χ4n) is 3.12. The lowest BCUT2D eigenvalue weighted by molar-refractivity contribution is 0.0527. The monoisotopic (exact) mass is 349 g/mol. The maximum Gasteiger partial charge on any atom is 0.254 e. The number of benzene rings is 1. The molecule has 7 heteroatoms. The highest BCUT2D eigenvalue weighted by Gasteiger charge is 2.26. The number of amides is 1. The van der Waals surface area contributed by atoms with Crippen LogP contribution in [-0.2, 0) is 0 Å². The van der Waals surface area contributed by atoms with Crippen LogP contribution >= 0.6 is 0 Å². The maximum absolute atomic E-state index is 12.9. The predicted molar refractivity (Wildman–Crippen MR) is 95.1 cm³/mol. The van der Waals surface area contributed by atoms with Crippen LogP contribution in [-0.4, -0.2) is 49.7 Å². The topological polar surface area (TPSA) is 73.1 Å². The van der Waals surface area contributed by atoms with E-state index in [9.17, 15) is 4.79 Å². The van der Waals surface area contributed by atoms with Gasteiger partial charge >= 0.3 is 0 Å². The van der Waals surface area contributed by atoms with Crippen molar-refractivity contribution in [3.05, 3.63) is 66.9 Å². The molecule has 0 saturated carbocycles. The zero-order valence-corrected chi connectivity index (χ0v) is 14.2. The average Bonchev–Trinajstić information content (AvgIpc) is 3.23. The average molecular weight is 349 g/mol. The predicted octanol–water partition coefficient (Wildman–Crippen LogP) is 2.35. The van der Waals surface area contributed by atoms with Crippen LogP contribution in [0.15, 0.2) is 61.3 Å². The van der Waals surface area contributed by atoms with Gasteiger partial charge in [-0.1, -0.05) is 6.07 Å². The first kappa shape index (κ1) is 16.3. The second-order valence-electron chi connectivity index (χ2n) is 6.18. The minimum Gasteiger partial charge on any atom is -0.472 e. The summed E-state index contributed by atoms with van der Waals surface area (Å²) in [5, 5.41) is 4.22. The second-order valence-corrected chi connectivity index (χ2v) is 6.18. The fourth-order valence-corrected chi connectivity index (χ4v) is 3.12. The summed E-state index contributed by atoms with van der Waals surface area (Å²) in [5.41, 5.74) is 1.52. The van der Waals surface area contributed by atoms with Crippen molar-refractivity contribution in [1.29, 1.82) is 0 Å². The first-order chi connectivity index (χ1) is 12.8. The van der Waals surface area contributed by atoms with Crippen LogP contribution in [0.2, 0.25) is 0 Å². The van der Waals surface area contributed by atoms with E-state index in [-0.39, 0.29) is 12.0 Å². The SMILES string of the molecule is O=C(c1cccc(-n2cccn2)c1)N1CCC[C@H](Oc2ccncn2)C1. The molecule has 26 heavy (non-hydrogen) atoms. The van der Waals surface area contributed by atoms with Gasteiger partial charge in [0.25, 0.3) is 5.91 Å². The van der Waals surface area contributed by atoms with Crippen LogP contribution < -0.4 is 4.74 Å². The largest absolute Gasteiger partial charge is 0.472 e. The summed E-state index contributed by atoms with van der Waals surface area (Å²) >= 11 is 0. The minimum absolute atomic E-state index is 0.00925. The molecule has 132 valence electrons. The number of nitrogens with zero attached hydrogens (tertiary/aromatic N) is 5. The van der Waals surface area contributed by atoms with E-state index in [1.165, 1.54) is 6.33 Å². The molecule has 0 spiro atoms. The molecule has 0 radical (unpaired) electrons. The Hall–Kier alpha value is -3.22. The van der Waals surface area contributed by atoms with Crippen molar-refractivity contribution in [3.63, 3.8) is 0 Å². The number of piperidine rings is 1. The van der Waals surface area contributed by atoms with Gasteiger partial charge in [0.1, 0.15) is 12.4 Å². The number of carbonyl (C=O) groups is 1. The fraction of sp³-hybridized carbons (Fsp3) is 0.263. The van der Waals surface area contributed by atoms with E-state index in [4.69, 9.17) is 4.74 Å². The van der Waals surface area contributed by atoms with Gasteiger partial charge in [0.2, 0.25) is 5.88 Å². The number of carbonyl (C=O) groups excluding carboxylic acids is 1. The zero-order valence-electron chi connectivity index (χ0n) is 14.2. The molecule has 0 bridgehead atoms. The normalized spacial score (nSPS) is 17.1. The van der Waals surface area contributed by atoms with Gasteiger partial charge < -0.3 is 9.64 Å². The van der Waals surface area contributed by atoms with Gasteiger partial charge in [0, 0.05) is 36.8 Å². The van der Waals surface area contributed by atoms with Gasteiger partial charge in [-0.2, -0.15) is 5.10 Å². The highest BCUT2D eigenvalue weighted by Crippen LogP contribution is 2.19. The maximum atomic E-state index is 12.9. The molecule has 1 saturated heterocycles. The molecule has 1 aromatic carbocycles. The van der Waals surface area contributed by atoms with Crippen LogP contribution in [0.25, 0.3) is 5.69 Å². The highest BCUT2D eigenvalue weighted by atomic mass is 16.5. The van der Waals surface area contributed by atoms with Gasteiger partial charge in [-0.3, -0.25) is 4.79 Å². The Morgan fingerprint density at radius 2 is 2.15 bits per heavy atom. The van der Waals surface area contributed by atoms with Crippen LogP contribution in [0.4, 0.5) is 0 Å². The smallest absolute Gasteiger partial charge is 0.254 e. The molecule has 1 aliphatic rings. The highest BCUT2D eigenvalue weighted by molar-refractivity contribution is 5.94. The molecule has 3 aromatic rings. The number of ether oxygens (including phenoxy) is 1. The van der Waals surface area contributed by atoms with Crippen molar-refractivity contribution >= 4 is 5.91 Å². The molecule has 0 unspecified atom stereocenters. The first-order valence-electron chi connectivity index (χ1n) is 8.61. The molecule has 0 aliphatic carbocycles. The second kappa shape index (κ2) is 7.35. The van der Waals surface area contributed by atoms with Crippen LogP contribution in [0.1, 0.15) is 23.2 Å². The van der Waals surface area contributed by atoms with Gasteiger partial charge in [-0.05, 0) is 37.1 Å². The standard InChI is InChI=1S/C19H19N5O2/c25-19(15-4-1-5-16(12-15)24-11-3-8-22-24)23-10-2-6-17(13-23)26-18-7-9-20-14-21-18/h1,3-5,7-9,11-12,14,17H,2,6,10,13H2/t17-/m0/s1. The van der Waals surface area contributed by atoms with E-state index in [1.807, 2.05) is 41.4 Å². The van der Waals surface area contributed by atoms with Crippen molar-refractivity contribution in [2.75, 3.05) is 13.1 Å². The Morgan fingerprint density at radius 1 is 1.19 bits per heavy atom. The zero-order chi connectivity index (χ0) is 17.8. The molecule has 1 fully saturated rings. The summed E-state index contributed by atoms with van der Waals surface area (Å²) in [6.07, 6.45) is 8.43. The molecular formula is C19H19N5O2. The van der Waals surface area contributed by atoms with E-state index in [0.29, 0.717) is 18.0 Å². The van der Waals surface area contributed by atoms with Gasteiger partial charge in [0.15, 0.2) is 0 Å². The summed E-state index contributed by atoms with van der Waals surface area (Å²) in [7, 11) is 0. The first-order valence-corrected chi connectivity index (χ1v) is 8.61. The van der Waals surface area contributed by atoms with E-state index in [1.54, 1.807) is 23.1 Å². The minimum atomic E-state index is -0.0584. The summed E-state index contributed by atoms with van der Waals surface area (Å²) in [5.74, 6) is 0.551. The van der Waals surface area contributed by atoms with E-state index in [0.717, 1.165) is 25.1 Å².